The van der Waals surface area contributed by atoms with E-state index in [1.165, 1.54) is 0 Å². The third-order valence-corrected chi connectivity index (χ3v) is 3.70. The van der Waals surface area contributed by atoms with Crippen molar-refractivity contribution in [3.05, 3.63) is 59.0 Å². The van der Waals surface area contributed by atoms with Crippen LogP contribution in [0.2, 0.25) is 5.02 Å². The fraction of sp³-hybridized carbons (Fsp3) is 0.214. The number of hydrogen-bond acceptors (Lipinski definition) is 3. The van der Waals surface area contributed by atoms with Gasteiger partial charge < -0.3 is 9.73 Å². The Balaban J connectivity index is 1.65. The number of amides is 1. The van der Waals surface area contributed by atoms with E-state index in [-0.39, 0.29) is 5.91 Å². The summed E-state index contributed by atoms with van der Waals surface area (Å²) in [5.41, 5.74) is 0.625. The summed E-state index contributed by atoms with van der Waals surface area (Å²) in [7, 11) is 0. The topological polar surface area (TPSA) is 42.2 Å². The first kappa shape index (κ1) is 14.0. The molecule has 1 aromatic heterocycles. The molecule has 1 amide bonds. The van der Waals surface area contributed by atoms with Gasteiger partial charge in [0.15, 0.2) is 0 Å². The van der Waals surface area contributed by atoms with Gasteiger partial charge in [-0.1, -0.05) is 11.6 Å². The molecule has 0 unspecified atom stereocenters. The van der Waals surface area contributed by atoms with E-state index in [2.05, 4.69) is 5.32 Å². The molecule has 3 nitrogen and oxygen atoms in total. The Hall–Kier alpha value is -1.39. The SMILES string of the molecule is O=C(NCCSCc1ccco1)c1ccc(Cl)cc1. The summed E-state index contributed by atoms with van der Waals surface area (Å²) < 4.78 is 5.22. The van der Waals surface area contributed by atoms with Crippen molar-refractivity contribution in [3.8, 4) is 0 Å². The quantitative estimate of drug-likeness (QED) is 0.828. The number of halogens is 1. The Bertz CT molecular complexity index is 511. The second-order valence-electron chi connectivity index (χ2n) is 3.89. The lowest BCUT2D eigenvalue weighted by Gasteiger charge is -2.04. The number of rotatable bonds is 6. The third kappa shape index (κ3) is 4.65. The lowest BCUT2D eigenvalue weighted by atomic mass is 10.2. The van der Waals surface area contributed by atoms with Gasteiger partial charge in [0.25, 0.3) is 5.91 Å². The first-order valence-corrected chi connectivity index (χ1v) is 7.43. The number of carbonyl (C=O) groups is 1. The number of benzene rings is 1. The zero-order chi connectivity index (χ0) is 13.5. The maximum atomic E-state index is 11.8. The molecular weight excluding hydrogens is 282 g/mol. The van der Waals surface area contributed by atoms with E-state index < -0.39 is 0 Å². The average Bonchev–Trinajstić information content (AvgIpc) is 2.92. The molecule has 5 heteroatoms. The number of hydrogen-bond donors (Lipinski definition) is 1. The predicted molar refractivity (Wildman–Crippen MR) is 78.7 cm³/mol. The molecule has 0 atom stereocenters. The van der Waals surface area contributed by atoms with Crippen molar-refractivity contribution in [1.82, 2.24) is 5.32 Å². The highest BCUT2D eigenvalue weighted by molar-refractivity contribution is 7.98. The molecule has 0 saturated carbocycles. The van der Waals surface area contributed by atoms with Gasteiger partial charge in [-0.2, -0.15) is 11.8 Å². The minimum atomic E-state index is -0.0738. The summed E-state index contributed by atoms with van der Waals surface area (Å²) in [4.78, 5) is 11.8. The number of carbonyl (C=O) groups excluding carboxylic acids is 1. The van der Waals surface area contributed by atoms with E-state index in [1.807, 2.05) is 12.1 Å². The summed E-state index contributed by atoms with van der Waals surface area (Å²) >= 11 is 7.49. The molecule has 0 radical (unpaired) electrons. The monoisotopic (exact) mass is 295 g/mol. The van der Waals surface area contributed by atoms with Crippen LogP contribution in [0, 0.1) is 0 Å². The molecule has 0 fully saturated rings. The molecule has 0 saturated heterocycles. The zero-order valence-electron chi connectivity index (χ0n) is 10.3. The van der Waals surface area contributed by atoms with E-state index in [9.17, 15) is 4.79 Å². The molecule has 100 valence electrons. The Labute approximate surface area is 121 Å². The Kier molecular flexibility index (Phi) is 5.36. The lowest BCUT2D eigenvalue weighted by molar-refractivity contribution is 0.0956. The maximum absolute atomic E-state index is 11.8. The Morgan fingerprint density at radius 3 is 2.74 bits per heavy atom. The van der Waals surface area contributed by atoms with Crippen LogP contribution >= 0.6 is 23.4 Å². The van der Waals surface area contributed by atoms with Gasteiger partial charge in [-0.15, -0.1) is 0 Å². The first-order chi connectivity index (χ1) is 9.25. The van der Waals surface area contributed by atoms with Crippen LogP contribution in [0.1, 0.15) is 16.1 Å². The van der Waals surface area contributed by atoms with E-state index in [0.29, 0.717) is 17.1 Å². The van der Waals surface area contributed by atoms with E-state index in [4.69, 9.17) is 16.0 Å². The maximum Gasteiger partial charge on any atom is 0.251 e. The highest BCUT2D eigenvalue weighted by Gasteiger charge is 2.04. The van der Waals surface area contributed by atoms with Crippen molar-refractivity contribution in [2.24, 2.45) is 0 Å². The van der Waals surface area contributed by atoms with Crippen LogP contribution in [0.25, 0.3) is 0 Å². The van der Waals surface area contributed by atoms with Crippen molar-refractivity contribution in [1.29, 1.82) is 0 Å². The molecule has 0 aliphatic rings. The molecule has 1 aromatic carbocycles. The molecule has 0 aliphatic carbocycles. The van der Waals surface area contributed by atoms with Gasteiger partial charge in [0.05, 0.1) is 12.0 Å². The molecule has 0 bridgehead atoms. The molecular formula is C14H14ClNO2S. The predicted octanol–water partition coefficient (Wildman–Crippen LogP) is 3.60. The average molecular weight is 296 g/mol. The molecule has 0 aliphatic heterocycles. The summed E-state index contributed by atoms with van der Waals surface area (Å²) in [6, 6.07) is 10.7. The number of nitrogens with one attached hydrogen (secondary N) is 1. The van der Waals surface area contributed by atoms with Crippen molar-refractivity contribution in [3.63, 3.8) is 0 Å². The van der Waals surface area contributed by atoms with Crippen molar-refractivity contribution >= 4 is 29.3 Å². The summed E-state index contributed by atoms with van der Waals surface area (Å²) in [6.07, 6.45) is 1.66. The van der Waals surface area contributed by atoms with E-state index in [0.717, 1.165) is 17.3 Å². The Morgan fingerprint density at radius 2 is 2.05 bits per heavy atom. The minimum Gasteiger partial charge on any atom is -0.468 e. The van der Waals surface area contributed by atoms with Crippen LogP contribution in [0.4, 0.5) is 0 Å². The molecule has 0 spiro atoms. The van der Waals surface area contributed by atoms with Gasteiger partial charge in [-0.25, -0.2) is 0 Å². The number of thioether (sulfide) groups is 1. The van der Waals surface area contributed by atoms with Gasteiger partial charge in [0.2, 0.25) is 0 Å². The van der Waals surface area contributed by atoms with Crippen LogP contribution in [0.3, 0.4) is 0 Å². The van der Waals surface area contributed by atoms with Crippen molar-refractivity contribution < 1.29 is 9.21 Å². The molecule has 2 aromatic rings. The van der Waals surface area contributed by atoms with Crippen LogP contribution < -0.4 is 5.32 Å². The summed E-state index contributed by atoms with van der Waals surface area (Å²) in [5.74, 6) is 2.55. The molecule has 1 heterocycles. The molecule has 1 N–H and O–H groups in total. The Morgan fingerprint density at radius 1 is 1.26 bits per heavy atom. The smallest absolute Gasteiger partial charge is 0.251 e. The second kappa shape index (κ2) is 7.26. The minimum absolute atomic E-state index is 0.0738. The standard InChI is InChI=1S/C14H14ClNO2S/c15-12-5-3-11(4-6-12)14(17)16-7-9-19-10-13-2-1-8-18-13/h1-6,8H,7,9-10H2,(H,16,17). The van der Waals surface area contributed by atoms with Crippen molar-refractivity contribution in [2.75, 3.05) is 12.3 Å². The molecule has 19 heavy (non-hydrogen) atoms. The fourth-order valence-corrected chi connectivity index (χ4v) is 2.39. The van der Waals surface area contributed by atoms with Gasteiger partial charge in [0, 0.05) is 22.9 Å². The first-order valence-electron chi connectivity index (χ1n) is 5.89. The van der Waals surface area contributed by atoms with Crippen LogP contribution in [-0.4, -0.2) is 18.2 Å². The second-order valence-corrected chi connectivity index (χ2v) is 5.44. The van der Waals surface area contributed by atoms with Gasteiger partial charge in [-0.05, 0) is 36.4 Å². The highest BCUT2D eigenvalue weighted by atomic mass is 35.5. The summed E-state index contributed by atoms with van der Waals surface area (Å²) in [5, 5.41) is 3.50. The van der Waals surface area contributed by atoms with E-state index >= 15 is 0 Å². The van der Waals surface area contributed by atoms with E-state index in [1.54, 1.807) is 42.3 Å². The zero-order valence-corrected chi connectivity index (χ0v) is 11.8. The van der Waals surface area contributed by atoms with Crippen LogP contribution in [0.15, 0.2) is 47.1 Å². The molecule has 2 rings (SSSR count). The number of furan rings is 1. The third-order valence-electron chi connectivity index (χ3n) is 2.46. The lowest BCUT2D eigenvalue weighted by Crippen LogP contribution is -2.25. The van der Waals surface area contributed by atoms with Crippen LogP contribution in [0.5, 0.6) is 0 Å². The van der Waals surface area contributed by atoms with Crippen molar-refractivity contribution in [2.45, 2.75) is 5.75 Å². The van der Waals surface area contributed by atoms with Gasteiger partial charge >= 0.3 is 0 Å². The van der Waals surface area contributed by atoms with Gasteiger partial charge in [-0.3, -0.25) is 4.79 Å². The summed E-state index contributed by atoms with van der Waals surface area (Å²) in [6.45, 7) is 0.632. The van der Waals surface area contributed by atoms with Crippen LogP contribution in [-0.2, 0) is 5.75 Å². The fourth-order valence-electron chi connectivity index (χ4n) is 1.51. The normalized spacial score (nSPS) is 10.4. The largest absolute Gasteiger partial charge is 0.468 e. The van der Waals surface area contributed by atoms with Gasteiger partial charge in [0.1, 0.15) is 5.76 Å². The highest BCUT2D eigenvalue weighted by Crippen LogP contribution is 2.12.